The molecule has 0 aromatic heterocycles. The Bertz CT molecular complexity index is 422. The normalized spacial score (nSPS) is 12.1. The first-order chi connectivity index (χ1) is 10.1. The summed E-state index contributed by atoms with van der Waals surface area (Å²) in [7, 11) is 1.64. The van der Waals surface area contributed by atoms with Crippen LogP contribution in [0.1, 0.15) is 31.7 Å². The number of carbonyl (C=O) groups is 1. The minimum absolute atomic E-state index is 0.0214. The number of hydrogen-bond acceptors (Lipinski definition) is 4. The minimum atomic E-state index is 0.0214. The molecule has 1 aromatic carbocycles. The average molecular weight is 294 g/mol. The molecule has 0 bridgehead atoms. The first kappa shape index (κ1) is 17.6. The maximum atomic E-state index is 11.8. The van der Waals surface area contributed by atoms with Crippen molar-refractivity contribution >= 4 is 11.6 Å². The van der Waals surface area contributed by atoms with Crippen LogP contribution >= 0.6 is 0 Å². The fourth-order valence-electron chi connectivity index (χ4n) is 1.88. The quantitative estimate of drug-likeness (QED) is 0.649. The van der Waals surface area contributed by atoms with Gasteiger partial charge in [0.15, 0.2) is 0 Å². The fraction of sp³-hybridized carbons (Fsp3) is 0.562. The van der Waals surface area contributed by atoms with Crippen molar-refractivity contribution in [2.75, 3.05) is 25.6 Å². The maximum Gasteiger partial charge on any atom is 0.224 e. The van der Waals surface area contributed by atoms with Crippen molar-refractivity contribution in [1.82, 2.24) is 0 Å². The molecule has 3 N–H and O–H groups in total. The van der Waals surface area contributed by atoms with Crippen molar-refractivity contribution in [3.8, 4) is 0 Å². The lowest BCUT2D eigenvalue weighted by Crippen LogP contribution is -2.16. The Labute approximate surface area is 126 Å². The summed E-state index contributed by atoms with van der Waals surface area (Å²) in [5.74, 6) is 0.0214. The van der Waals surface area contributed by atoms with Gasteiger partial charge < -0.3 is 20.5 Å². The lowest BCUT2D eigenvalue weighted by molar-refractivity contribution is -0.116. The molecule has 1 rings (SSSR count). The van der Waals surface area contributed by atoms with Gasteiger partial charge in [-0.3, -0.25) is 4.79 Å². The first-order valence-corrected chi connectivity index (χ1v) is 7.33. The van der Waals surface area contributed by atoms with Crippen LogP contribution in [0.4, 0.5) is 5.69 Å². The van der Waals surface area contributed by atoms with Crippen molar-refractivity contribution in [3.05, 3.63) is 29.8 Å². The molecule has 1 atom stereocenters. The summed E-state index contributed by atoms with van der Waals surface area (Å²) in [6, 6.07) is 7.83. The van der Waals surface area contributed by atoms with Gasteiger partial charge in [-0.15, -0.1) is 0 Å². The Morgan fingerprint density at radius 3 is 2.90 bits per heavy atom. The van der Waals surface area contributed by atoms with Gasteiger partial charge in [-0.05, 0) is 37.5 Å². The molecule has 0 saturated carbocycles. The van der Waals surface area contributed by atoms with Crippen LogP contribution in [0.2, 0.25) is 0 Å². The SMILES string of the molecule is COCCOCc1cccc(NC(=O)CCCC(C)N)c1. The molecule has 1 unspecified atom stereocenters. The van der Waals surface area contributed by atoms with Gasteiger partial charge in [-0.1, -0.05) is 12.1 Å². The van der Waals surface area contributed by atoms with Crippen LogP contribution < -0.4 is 11.1 Å². The summed E-state index contributed by atoms with van der Waals surface area (Å²) >= 11 is 0. The molecule has 0 aliphatic carbocycles. The van der Waals surface area contributed by atoms with Crippen LogP contribution in [-0.2, 0) is 20.9 Å². The monoisotopic (exact) mass is 294 g/mol. The second-order valence-corrected chi connectivity index (χ2v) is 5.16. The fourth-order valence-corrected chi connectivity index (χ4v) is 1.88. The van der Waals surface area contributed by atoms with Gasteiger partial charge in [0.25, 0.3) is 0 Å². The van der Waals surface area contributed by atoms with E-state index in [0.717, 1.165) is 24.1 Å². The first-order valence-electron chi connectivity index (χ1n) is 7.33. The van der Waals surface area contributed by atoms with Gasteiger partial charge in [-0.2, -0.15) is 0 Å². The van der Waals surface area contributed by atoms with Gasteiger partial charge in [0.05, 0.1) is 19.8 Å². The predicted octanol–water partition coefficient (Wildman–Crippen LogP) is 2.31. The molecule has 5 heteroatoms. The largest absolute Gasteiger partial charge is 0.382 e. The standard InChI is InChI=1S/C16H26N2O3/c1-13(17)5-3-8-16(19)18-15-7-4-6-14(11-15)12-21-10-9-20-2/h4,6-7,11,13H,3,5,8-10,12,17H2,1-2H3,(H,18,19). The highest BCUT2D eigenvalue weighted by molar-refractivity contribution is 5.90. The Morgan fingerprint density at radius 2 is 2.19 bits per heavy atom. The lowest BCUT2D eigenvalue weighted by atomic mass is 10.1. The molecular formula is C16H26N2O3. The van der Waals surface area contributed by atoms with Gasteiger partial charge in [0.2, 0.25) is 5.91 Å². The summed E-state index contributed by atoms with van der Waals surface area (Å²) in [6.07, 6.45) is 2.17. The Kier molecular flexibility index (Phi) is 8.66. The zero-order valence-corrected chi connectivity index (χ0v) is 12.9. The highest BCUT2D eigenvalue weighted by Crippen LogP contribution is 2.12. The van der Waals surface area contributed by atoms with Crippen LogP contribution in [0.5, 0.6) is 0 Å². The van der Waals surface area contributed by atoms with E-state index < -0.39 is 0 Å². The van der Waals surface area contributed by atoms with Crippen molar-refractivity contribution in [1.29, 1.82) is 0 Å². The lowest BCUT2D eigenvalue weighted by Gasteiger charge is -2.09. The molecule has 118 valence electrons. The Hall–Kier alpha value is -1.43. The van der Waals surface area contributed by atoms with E-state index in [1.165, 1.54) is 0 Å². The molecule has 0 aliphatic heterocycles. The third kappa shape index (κ3) is 8.45. The average Bonchev–Trinajstić information content (AvgIpc) is 2.43. The number of anilines is 1. The maximum absolute atomic E-state index is 11.8. The van der Waals surface area contributed by atoms with E-state index in [-0.39, 0.29) is 11.9 Å². The third-order valence-electron chi connectivity index (χ3n) is 2.97. The molecule has 5 nitrogen and oxygen atoms in total. The van der Waals surface area contributed by atoms with Gasteiger partial charge in [0, 0.05) is 25.3 Å². The van der Waals surface area contributed by atoms with E-state index in [0.29, 0.717) is 26.2 Å². The molecule has 0 fully saturated rings. The second-order valence-electron chi connectivity index (χ2n) is 5.16. The number of rotatable bonds is 10. The number of nitrogens with one attached hydrogen (secondary N) is 1. The summed E-state index contributed by atoms with van der Waals surface area (Å²) in [5, 5.41) is 2.90. The van der Waals surface area contributed by atoms with Crippen LogP contribution in [0, 0.1) is 0 Å². The summed E-state index contributed by atoms with van der Waals surface area (Å²) < 4.78 is 10.4. The predicted molar refractivity (Wildman–Crippen MR) is 84.1 cm³/mol. The molecule has 0 aliphatic rings. The number of methoxy groups -OCH3 is 1. The summed E-state index contributed by atoms with van der Waals surface area (Å²) in [6.45, 7) is 3.60. The van der Waals surface area contributed by atoms with Gasteiger partial charge in [-0.25, -0.2) is 0 Å². The van der Waals surface area contributed by atoms with Crippen LogP contribution in [0.25, 0.3) is 0 Å². The van der Waals surface area contributed by atoms with E-state index in [4.69, 9.17) is 15.2 Å². The smallest absolute Gasteiger partial charge is 0.224 e. The molecule has 1 aromatic rings. The zero-order chi connectivity index (χ0) is 15.5. The van der Waals surface area contributed by atoms with Gasteiger partial charge >= 0.3 is 0 Å². The van der Waals surface area contributed by atoms with Crippen LogP contribution in [-0.4, -0.2) is 32.3 Å². The van der Waals surface area contributed by atoms with Crippen molar-refractivity contribution in [3.63, 3.8) is 0 Å². The van der Waals surface area contributed by atoms with Crippen molar-refractivity contribution < 1.29 is 14.3 Å². The van der Waals surface area contributed by atoms with E-state index >= 15 is 0 Å². The number of nitrogens with two attached hydrogens (primary N) is 1. The molecule has 0 heterocycles. The summed E-state index contributed by atoms with van der Waals surface area (Å²) in [5.41, 5.74) is 7.49. The molecule has 0 saturated heterocycles. The number of ether oxygens (including phenoxy) is 2. The molecule has 21 heavy (non-hydrogen) atoms. The Balaban J connectivity index is 2.35. The number of amides is 1. The van der Waals surface area contributed by atoms with E-state index in [1.807, 2.05) is 31.2 Å². The molecule has 1 amide bonds. The number of carbonyl (C=O) groups excluding carboxylic acids is 1. The second kappa shape index (κ2) is 10.3. The van der Waals surface area contributed by atoms with Crippen LogP contribution in [0.3, 0.4) is 0 Å². The summed E-state index contributed by atoms with van der Waals surface area (Å²) in [4.78, 5) is 11.8. The third-order valence-corrected chi connectivity index (χ3v) is 2.97. The highest BCUT2D eigenvalue weighted by Gasteiger charge is 2.04. The zero-order valence-electron chi connectivity index (χ0n) is 12.9. The molecule has 0 spiro atoms. The van der Waals surface area contributed by atoms with Crippen molar-refractivity contribution in [2.24, 2.45) is 5.73 Å². The van der Waals surface area contributed by atoms with Crippen LogP contribution in [0.15, 0.2) is 24.3 Å². The number of benzene rings is 1. The number of hydrogen-bond donors (Lipinski definition) is 2. The minimum Gasteiger partial charge on any atom is -0.382 e. The van der Waals surface area contributed by atoms with Gasteiger partial charge in [0.1, 0.15) is 0 Å². The molecule has 0 radical (unpaired) electrons. The highest BCUT2D eigenvalue weighted by atomic mass is 16.5. The Morgan fingerprint density at radius 1 is 1.38 bits per heavy atom. The molecular weight excluding hydrogens is 268 g/mol. The topological polar surface area (TPSA) is 73.6 Å². The van der Waals surface area contributed by atoms with E-state index in [9.17, 15) is 4.79 Å². The van der Waals surface area contributed by atoms with Crippen molar-refractivity contribution in [2.45, 2.75) is 38.8 Å². The van der Waals surface area contributed by atoms with E-state index in [2.05, 4.69) is 5.32 Å². The van der Waals surface area contributed by atoms with E-state index in [1.54, 1.807) is 7.11 Å².